The van der Waals surface area contributed by atoms with Crippen LogP contribution in [0.4, 0.5) is 5.13 Å². The summed E-state index contributed by atoms with van der Waals surface area (Å²) in [5, 5.41) is 3.36. The van der Waals surface area contributed by atoms with Gasteiger partial charge in [0.15, 0.2) is 16.6 Å². The lowest BCUT2D eigenvalue weighted by atomic mass is 10.1. The third-order valence-electron chi connectivity index (χ3n) is 4.47. The molecule has 31 heavy (non-hydrogen) atoms. The second-order valence-electron chi connectivity index (χ2n) is 6.34. The number of aromatic nitrogens is 1. The lowest BCUT2D eigenvalue weighted by Crippen LogP contribution is -2.13. The van der Waals surface area contributed by atoms with Gasteiger partial charge in [-0.05, 0) is 60.1 Å². The molecule has 2 aromatic carbocycles. The molecule has 0 aliphatic heterocycles. The zero-order valence-electron chi connectivity index (χ0n) is 17.9. The molecule has 3 rings (SSSR count). The first kappa shape index (κ1) is 22.9. The van der Waals surface area contributed by atoms with Gasteiger partial charge in [0.1, 0.15) is 5.75 Å². The summed E-state index contributed by atoms with van der Waals surface area (Å²) in [5.41, 5.74) is 2.10. The molecule has 0 fully saturated rings. The van der Waals surface area contributed by atoms with Crippen molar-refractivity contribution < 1.29 is 23.7 Å². The second-order valence-corrected chi connectivity index (χ2v) is 8.34. The van der Waals surface area contributed by atoms with Crippen molar-refractivity contribution >= 4 is 38.3 Å². The van der Waals surface area contributed by atoms with Gasteiger partial charge in [-0.25, -0.2) is 4.98 Å². The minimum Gasteiger partial charge on any atom is -0.494 e. The Morgan fingerprint density at radius 2 is 1.77 bits per heavy atom. The highest BCUT2D eigenvalue weighted by Gasteiger charge is 2.23. The van der Waals surface area contributed by atoms with Gasteiger partial charge in [-0.1, -0.05) is 0 Å². The third-order valence-corrected chi connectivity index (χ3v) is 6.14. The first-order chi connectivity index (χ1) is 14.9. The SMILES string of the molecule is CCOc1ccc(-c2nc(NC(=O)c3cc(OC)c(OC)c(OC)c3Br)sc2C)cc1. The molecule has 0 bridgehead atoms. The van der Waals surface area contributed by atoms with Gasteiger partial charge in [-0.3, -0.25) is 10.1 Å². The van der Waals surface area contributed by atoms with Crippen molar-refractivity contribution in [1.82, 2.24) is 4.98 Å². The smallest absolute Gasteiger partial charge is 0.258 e. The first-order valence-corrected chi connectivity index (χ1v) is 11.0. The molecule has 1 heterocycles. The Morgan fingerprint density at radius 3 is 2.35 bits per heavy atom. The van der Waals surface area contributed by atoms with Gasteiger partial charge in [0.2, 0.25) is 5.75 Å². The van der Waals surface area contributed by atoms with Crippen LogP contribution in [0.15, 0.2) is 34.8 Å². The van der Waals surface area contributed by atoms with Gasteiger partial charge >= 0.3 is 0 Å². The van der Waals surface area contributed by atoms with Crippen LogP contribution in [-0.2, 0) is 0 Å². The van der Waals surface area contributed by atoms with Crippen molar-refractivity contribution in [3.05, 3.63) is 45.2 Å². The molecule has 0 atom stereocenters. The van der Waals surface area contributed by atoms with Crippen LogP contribution in [0.5, 0.6) is 23.0 Å². The Labute approximate surface area is 193 Å². The number of amides is 1. The molecule has 1 aromatic heterocycles. The number of rotatable bonds is 8. The molecule has 7 nitrogen and oxygen atoms in total. The predicted molar refractivity (Wildman–Crippen MR) is 125 cm³/mol. The van der Waals surface area contributed by atoms with Crippen LogP contribution in [0, 0.1) is 6.92 Å². The predicted octanol–water partition coefficient (Wildman–Crippen LogP) is 5.56. The van der Waals surface area contributed by atoms with E-state index in [2.05, 4.69) is 26.2 Å². The average molecular weight is 507 g/mol. The maximum Gasteiger partial charge on any atom is 0.258 e. The molecule has 0 spiro atoms. The number of hydrogen-bond donors (Lipinski definition) is 1. The van der Waals surface area contributed by atoms with Crippen LogP contribution in [0.2, 0.25) is 0 Å². The lowest BCUT2D eigenvalue weighted by molar-refractivity contribution is 0.102. The normalized spacial score (nSPS) is 10.5. The number of halogens is 1. The summed E-state index contributed by atoms with van der Waals surface area (Å²) < 4.78 is 22.1. The highest BCUT2D eigenvalue weighted by atomic mass is 79.9. The third kappa shape index (κ3) is 4.77. The molecule has 0 saturated carbocycles. The van der Waals surface area contributed by atoms with Crippen LogP contribution < -0.4 is 24.3 Å². The number of methoxy groups -OCH3 is 3. The number of benzene rings is 2. The maximum atomic E-state index is 13.0. The molecular weight excluding hydrogens is 484 g/mol. The second kappa shape index (κ2) is 10.0. The Hall–Kier alpha value is -2.78. The summed E-state index contributed by atoms with van der Waals surface area (Å²) in [4.78, 5) is 18.6. The van der Waals surface area contributed by atoms with E-state index in [0.717, 1.165) is 21.9 Å². The van der Waals surface area contributed by atoms with Crippen LogP contribution >= 0.6 is 27.3 Å². The number of aryl methyl sites for hydroxylation is 1. The molecule has 3 aromatic rings. The maximum absolute atomic E-state index is 13.0. The Kier molecular flexibility index (Phi) is 7.40. The number of carbonyl (C=O) groups is 1. The van der Waals surface area contributed by atoms with Crippen molar-refractivity contribution in [3.63, 3.8) is 0 Å². The van der Waals surface area contributed by atoms with E-state index in [-0.39, 0.29) is 5.91 Å². The molecule has 0 radical (unpaired) electrons. The summed E-state index contributed by atoms with van der Waals surface area (Å²) in [6, 6.07) is 9.31. The van der Waals surface area contributed by atoms with Crippen molar-refractivity contribution in [3.8, 4) is 34.3 Å². The van der Waals surface area contributed by atoms with Crippen molar-refractivity contribution in [1.29, 1.82) is 0 Å². The van der Waals surface area contributed by atoms with E-state index in [1.807, 2.05) is 38.1 Å². The fourth-order valence-corrected chi connectivity index (χ4v) is 4.51. The fourth-order valence-electron chi connectivity index (χ4n) is 3.04. The quantitative estimate of drug-likeness (QED) is 0.430. The van der Waals surface area contributed by atoms with Crippen LogP contribution in [0.1, 0.15) is 22.2 Å². The summed E-state index contributed by atoms with van der Waals surface area (Å²) in [6.45, 7) is 4.52. The van der Waals surface area contributed by atoms with Crippen LogP contribution in [-0.4, -0.2) is 38.8 Å². The van der Waals surface area contributed by atoms with E-state index < -0.39 is 0 Å². The molecule has 0 aliphatic carbocycles. The molecule has 1 amide bonds. The van der Waals surface area contributed by atoms with Gasteiger partial charge in [-0.15, -0.1) is 11.3 Å². The monoisotopic (exact) mass is 506 g/mol. The Balaban J connectivity index is 1.89. The highest BCUT2D eigenvalue weighted by molar-refractivity contribution is 9.10. The van der Waals surface area contributed by atoms with Crippen LogP contribution in [0.25, 0.3) is 11.3 Å². The molecule has 0 saturated heterocycles. The minimum absolute atomic E-state index is 0.338. The van der Waals surface area contributed by atoms with Crippen molar-refractivity contribution in [2.45, 2.75) is 13.8 Å². The fraction of sp³-hybridized carbons (Fsp3) is 0.273. The van der Waals surface area contributed by atoms with Crippen molar-refractivity contribution in [2.24, 2.45) is 0 Å². The molecule has 9 heteroatoms. The van der Waals surface area contributed by atoms with Gasteiger partial charge in [-0.2, -0.15) is 0 Å². The van der Waals surface area contributed by atoms with Gasteiger partial charge in [0.05, 0.1) is 43.7 Å². The largest absolute Gasteiger partial charge is 0.494 e. The lowest BCUT2D eigenvalue weighted by Gasteiger charge is -2.16. The van der Waals surface area contributed by atoms with E-state index in [9.17, 15) is 4.79 Å². The van der Waals surface area contributed by atoms with E-state index in [0.29, 0.717) is 39.0 Å². The van der Waals surface area contributed by atoms with Crippen LogP contribution in [0.3, 0.4) is 0 Å². The summed E-state index contributed by atoms with van der Waals surface area (Å²) in [5.74, 6) is 1.62. The molecule has 0 aliphatic rings. The number of nitrogens with one attached hydrogen (secondary N) is 1. The van der Waals surface area contributed by atoms with Gasteiger partial charge in [0, 0.05) is 10.4 Å². The topological polar surface area (TPSA) is 78.9 Å². The van der Waals surface area contributed by atoms with Gasteiger partial charge in [0.25, 0.3) is 5.91 Å². The van der Waals surface area contributed by atoms with Gasteiger partial charge < -0.3 is 18.9 Å². The number of ether oxygens (including phenoxy) is 4. The first-order valence-electron chi connectivity index (χ1n) is 9.43. The van der Waals surface area contributed by atoms with E-state index >= 15 is 0 Å². The summed E-state index contributed by atoms with van der Waals surface area (Å²) in [6.07, 6.45) is 0. The summed E-state index contributed by atoms with van der Waals surface area (Å²) in [7, 11) is 4.50. The van der Waals surface area contributed by atoms with E-state index in [1.165, 1.54) is 32.7 Å². The number of nitrogens with zero attached hydrogens (tertiary/aromatic N) is 1. The molecule has 0 unspecified atom stereocenters. The zero-order chi connectivity index (χ0) is 22.5. The van der Waals surface area contributed by atoms with Crippen molar-refractivity contribution in [2.75, 3.05) is 33.3 Å². The van der Waals surface area contributed by atoms with E-state index in [4.69, 9.17) is 18.9 Å². The highest BCUT2D eigenvalue weighted by Crippen LogP contribution is 2.45. The molecule has 164 valence electrons. The Bertz CT molecular complexity index is 1080. The minimum atomic E-state index is -0.349. The number of hydrogen-bond acceptors (Lipinski definition) is 7. The Morgan fingerprint density at radius 1 is 1.10 bits per heavy atom. The van der Waals surface area contributed by atoms with E-state index in [1.54, 1.807) is 6.07 Å². The number of anilines is 1. The standard InChI is InChI=1S/C22H23BrN2O5S/c1-6-30-14-9-7-13(8-10-14)18-12(2)31-22(24-18)25-21(26)15-11-16(27-3)19(28-4)20(29-5)17(15)23/h7-11H,6H2,1-5H3,(H,24,25,26). The number of carbonyl (C=O) groups excluding carboxylic acids is 1. The molecule has 1 N–H and O–H groups in total. The summed E-state index contributed by atoms with van der Waals surface area (Å²) >= 11 is 4.84. The zero-order valence-corrected chi connectivity index (χ0v) is 20.3. The average Bonchev–Trinajstić information content (AvgIpc) is 3.13. The molecular formula is C22H23BrN2O5S. The number of thiazole rings is 1.